The zero-order chi connectivity index (χ0) is 19.5. The highest BCUT2D eigenvalue weighted by atomic mass is 16.6. The van der Waals surface area contributed by atoms with E-state index in [1.54, 1.807) is 24.5 Å². The summed E-state index contributed by atoms with van der Waals surface area (Å²) in [6, 6.07) is 7.15. The number of nitro groups is 1. The van der Waals surface area contributed by atoms with Gasteiger partial charge < -0.3 is 15.5 Å². The normalized spacial score (nSPS) is 16.4. The summed E-state index contributed by atoms with van der Waals surface area (Å²) >= 11 is 0. The largest absolute Gasteiger partial charge is 0.384 e. The number of rotatable bonds is 5. The van der Waals surface area contributed by atoms with Gasteiger partial charge in [-0.3, -0.25) is 19.9 Å². The van der Waals surface area contributed by atoms with Gasteiger partial charge in [-0.15, -0.1) is 0 Å². The van der Waals surface area contributed by atoms with Gasteiger partial charge in [0, 0.05) is 61.8 Å². The molecule has 1 aromatic heterocycles. The van der Waals surface area contributed by atoms with Crippen molar-refractivity contribution in [3.63, 3.8) is 0 Å². The maximum Gasteiger partial charge on any atom is 0.292 e. The molecule has 0 saturated carbocycles. The van der Waals surface area contributed by atoms with Crippen LogP contribution in [-0.2, 0) is 17.8 Å². The van der Waals surface area contributed by atoms with Crippen molar-refractivity contribution in [2.45, 2.75) is 25.8 Å². The van der Waals surface area contributed by atoms with Crippen molar-refractivity contribution in [2.75, 3.05) is 29.9 Å². The second kappa shape index (κ2) is 7.84. The van der Waals surface area contributed by atoms with Crippen LogP contribution in [0.1, 0.15) is 24.0 Å². The molecule has 3 heterocycles. The summed E-state index contributed by atoms with van der Waals surface area (Å²) in [6.45, 7) is 2.55. The second-order valence-electron chi connectivity index (χ2n) is 7.23. The lowest BCUT2D eigenvalue weighted by atomic mass is 9.94. The molecule has 0 radical (unpaired) electrons. The summed E-state index contributed by atoms with van der Waals surface area (Å²) in [5, 5.41) is 17.8. The minimum atomic E-state index is -0.305. The van der Waals surface area contributed by atoms with Crippen LogP contribution in [0.25, 0.3) is 0 Å². The van der Waals surface area contributed by atoms with Gasteiger partial charge in [0.25, 0.3) is 5.69 Å². The fourth-order valence-corrected chi connectivity index (χ4v) is 4.07. The van der Waals surface area contributed by atoms with E-state index in [1.165, 1.54) is 0 Å². The number of carbonyl (C=O) groups is 1. The van der Waals surface area contributed by atoms with Crippen molar-refractivity contribution in [1.82, 2.24) is 10.3 Å². The van der Waals surface area contributed by atoms with Gasteiger partial charge in [-0.1, -0.05) is 6.07 Å². The fraction of sp³-hybridized carbons (Fsp3) is 0.400. The minimum Gasteiger partial charge on any atom is -0.384 e. The molecule has 1 amide bonds. The van der Waals surface area contributed by atoms with Gasteiger partial charge in [0.15, 0.2) is 0 Å². The number of piperidine rings is 1. The third kappa shape index (κ3) is 3.62. The summed E-state index contributed by atoms with van der Waals surface area (Å²) in [4.78, 5) is 29.9. The van der Waals surface area contributed by atoms with Crippen LogP contribution in [-0.4, -0.2) is 35.4 Å². The summed E-state index contributed by atoms with van der Waals surface area (Å²) in [7, 11) is 0. The number of aromatic nitrogens is 1. The Labute approximate surface area is 163 Å². The molecule has 0 atom stereocenters. The van der Waals surface area contributed by atoms with Crippen molar-refractivity contribution in [3.8, 4) is 0 Å². The highest BCUT2D eigenvalue weighted by molar-refractivity contribution is 5.80. The molecule has 0 bridgehead atoms. The van der Waals surface area contributed by atoms with Crippen LogP contribution in [0.5, 0.6) is 0 Å². The first-order chi connectivity index (χ1) is 13.6. The summed E-state index contributed by atoms with van der Waals surface area (Å²) in [5.74, 6) is -0.0279. The maximum atomic E-state index is 12.5. The highest BCUT2D eigenvalue weighted by Crippen LogP contribution is 2.40. The van der Waals surface area contributed by atoms with Crippen LogP contribution in [0.3, 0.4) is 0 Å². The lowest BCUT2D eigenvalue weighted by molar-refractivity contribution is -0.384. The Balaban J connectivity index is 1.41. The van der Waals surface area contributed by atoms with Crippen molar-refractivity contribution in [1.29, 1.82) is 0 Å². The summed E-state index contributed by atoms with van der Waals surface area (Å²) in [5.41, 5.74) is 3.85. The van der Waals surface area contributed by atoms with Crippen LogP contribution in [0.15, 0.2) is 36.7 Å². The van der Waals surface area contributed by atoms with Crippen LogP contribution in [0, 0.1) is 16.0 Å². The SMILES string of the molecule is O=C(NCc1cccnc1)C1CCN(c2c([N+](=O)[O-])ccc3c2CCN3)CC1. The zero-order valence-electron chi connectivity index (χ0n) is 15.6. The molecule has 2 aromatic rings. The molecule has 28 heavy (non-hydrogen) atoms. The van der Waals surface area contributed by atoms with Crippen LogP contribution >= 0.6 is 0 Å². The number of carbonyl (C=O) groups excluding carboxylic acids is 1. The predicted molar refractivity (Wildman–Crippen MR) is 106 cm³/mol. The van der Waals surface area contributed by atoms with Crippen LogP contribution < -0.4 is 15.5 Å². The van der Waals surface area contributed by atoms with Gasteiger partial charge in [-0.25, -0.2) is 0 Å². The average molecular weight is 381 g/mol. The van der Waals surface area contributed by atoms with E-state index in [4.69, 9.17) is 0 Å². The predicted octanol–water partition coefficient (Wildman–Crippen LogP) is 2.49. The van der Waals surface area contributed by atoms with E-state index in [1.807, 2.05) is 12.1 Å². The van der Waals surface area contributed by atoms with Crippen molar-refractivity contribution < 1.29 is 9.72 Å². The Morgan fingerprint density at radius 2 is 2.14 bits per heavy atom. The van der Waals surface area contributed by atoms with Crippen molar-refractivity contribution >= 4 is 23.0 Å². The summed E-state index contributed by atoms with van der Waals surface area (Å²) in [6.07, 6.45) is 5.61. The lowest BCUT2D eigenvalue weighted by Gasteiger charge is -2.33. The van der Waals surface area contributed by atoms with Gasteiger partial charge in [-0.05, 0) is 37.0 Å². The molecule has 2 N–H and O–H groups in total. The van der Waals surface area contributed by atoms with Crippen molar-refractivity contribution in [3.05, 3.63) is 57.9 Å². The smallest absolute Gasteiger partial charge is 0.292 e. The minimum absolute atomic E-state index is 0.0398. The van der Waals surface area contributed by atoms with E-state index in [2.05, 4.69) is 20.5 Å². The summed E-state index contributed by atoms with van der Waals surface area (Å²) < 4.78 is 0. The maximum absolute atomic E-state index is 12.5. The number of nitrogens with one attached hydrogen (secondary N) is 2. The molecule has 4 rings (SSSR count). The molecule has 1 aromatic carbocycles. The van der Waals surface area contributed by atoms with Crippen molar-refractivity contribution in [2.24, 2.45) is 5.92 Å². The molecule has 1 saturated heterocycles. The first-order valence-corrected chi connectivity index (χ1v) is 9.59. The van der Waals surface area contributed by atoms with Gasteiger partial charge >= 0.3 is 0 Å². The highest BCUT2D eigenvalue weighted by Gasteiger charge is 2.32. The number of fused-ring (bicyclic) bond motifs is 1. The van der Waals surface area contributed by atoms with Crippen LogP contribution in [0.2, 0.25) is 0 Å². The Morgan fingerprint density at radius 1 is 1.32 bits per heavy atom. The molecule has 8 heteroatoms. The fourth-order valence-electron chi connectivity index (χ4n) is 4.07. The van der Waals surface area contributed by atoms with Gasteiger partial charge in [-0.2, -0.15) is 0 Å². The molecule has 146 valence electrons. The molecule has 0 spiro atoms. The Bertz CT molecular complexity index is 879. The van der Waals surface area contributed by atoms with E-state index in [0.717, 1.165) is 35.5 Å². The number of anilines is 2. The molecule has 8 nitrogen and oxygen atoms in total. The Morgan fingerprint density at radius 3 is 2.86 bits per heavy atom. The number of nitro benzene ring substituents is 1. The first-order valence-electron chi connectivity index (χ1n) is 9.59. The monoisotopic (exact) mass is 381 g/mol. The molecular formula is C20H23N5O3. The molecule has 1 fully saturated rings. The number of nitrogens with zero attached hydrogens (tertiary/aromatic N) is 3. The third-order valence-electron chi connectivity index (χ3n) is 5.52. The Kier molecular flexibility index (Phi) is 5.10. The van der Waals surface area contributed by atoms with E-state index in [-0.39, 0.29) is 22.4 Å². The van der Waals surface area contributed by atoms with E-state index >= 15 is 0 Å². The molecule has 2 aliphatic heterocycles. The molecule has 0 aliphatic carbocycles. The zero-order valence-corrected chi connectivity index (χ0v) is 15.6. The van der Waals surface area contributed by atoms with Gasteiger partial charge in [0.2, 0.25) is 5.91 Å². The quantitative estimate of drug-likeness (QED) is 0.610. The van der Waals surface area contributed by atoms with E-state index in [0.29, 0.717) is 32.5 Å². The molecular weight excluding hydrogens is 358 g/mol. The average Bonchev–Trinajstić information content (AvgIpc) is 3.21. The topological polar surface area (TPSA) is 100 Å². The second-order valence-corrected chi connectivity index (χ2v) is 7.23. The number of benzene rings is 1. The van der Waals surface area contributed by atoms with E-state index in [9.17, 15) is 14.9 Å². The standard InChI is InChI=1S/C20H23N5O3/c26-20(23-13-14-2-1-8-21-12-14)15-6-10-24(11-7-15)19-16-5-9-22-17(16)3-4-18(19)25(27)28/h1-4,8,12,15,22H,5-7,9-11,13H2,(H,23,26). The van der Waals surface area contributed by atoms with Gasteiger partial charge in [0.05, 0.1) is 4.92 Å². The molecule has 0 unspecified atom stereocenters. The number of hydrogen-bond acceptors (Lipinski definition) is 6. The number of amides is 1. The van der Waals surface area contributed by atoms with E-state index < -0.39 is 0 Å². The third-order valence-corrected chi connectivity index (χ3v) is 5.52. The van der Waals surface area contributed by atoms with Crippen LogP contribution in [0.4, 0.5) is 17.1 Å². The lowest BCUT2D eigenvalue weighted by Crippen LogP contribution is -2.40. The number of hydrogen-bond donors (Lipinski definition) is 2. The van der Waals surface area contributed by atoms with Gasteiger partial charge in [0.1, 0.15) is 5.69 Å². The Hall–Kier alpha value is -3.16. The first kappa shape index (κ1) is 18.2. The molecule has 2 aliphatic rings. The number of pyridine rings is 1.